The maximum atomic E-state index is 4.44. The van der Waals surface area contributed by atoms with E-state index in [2.05, 4.69) is 28.3 Å². The molecule has 0 aliphatic carbocycles. The maximum Gasteiger partial charge on any atom is 0.222 e. The van der Waals surface area contributed by atoms with E-state index in [0.29, 0.717) is 5.95 Å². The first-order valence-corrected chi connectivity index (χ1v) is 5.43. The molecular formula is C13H14BN3W-. The van der Waals surface area contributed by atoms with Gasteiger partial charge >= 0.3 is 0 Å². The van der Waals surface area contributed by atoms with Crippen LogP contribution in [0.25, 0.3) is 11.3 Å². The molecule has 1 aromatic heterocycles. The molecule has 0 saturated heterocycles. The quantitative estimate of drug-likeness (QED) is 0.625. The van der Waals surface area contributed by atoms with Crippen LogP contribution in [0, 0.1) is 6.07 Å². The number of benzene rings is 1. The molecular weight excluding hydrogens is 393 g/mol. The molecule has 0 atom stereocenters. The zero-order chi connectivity index (χ0) is 11.2. The van der Waals surface area contributed by atoms with E-state index in [1.165, 1.54) is 0 Å². The third kappa shape index (κ3) is 4.61. The molecule has 0 fully saturated rings. The molecule has 0 aliphatic rings. The number of nitrogens with one attached hydrogen (secondary N) is 1. The van der Waals surface area contributed by atoms with Crippen molar-refractivity contribution in [3.8, 4) is 11.3 Å². The number of anilines is 1. The Morgan fingerprint density at radius 2 is 2.17 bits per heavy atom. The second-order valence-corrected chi connectivity index (χ2v) is 3.48. The Morgan fingerprint density at radius 1 is 1.33 bits per heavy atom. The number of hydrogen-bond donors (Lipinski definition) is 1. The third-order valence-corrected chi connectivity index (χ3v) is 2.19. The second kappa shape index (κ2) is 8.87. The molecule has 3 radical (unpaired) electrons. The number of nitrogens with zero attached hydrogens (tertiary/aromatic N) is 2. The van der Waals surface area contributed by atoms with E-state index in [9.17, 15) is 0 Å². The Hall–Kier alpha value is -1.15. The smallest absolute Gasteiger partial charge is 0.222 e. The van der Waals surface area contributed by atoms with Gasteiger partial charge in [-0.3, -0.25) is 0 Å². The van der Waals surface area contributed by atoms with Gasteiger partial charge in [0.15, 0.2) is 0 Å². The topological polar surface area (TPSA) is 37.8 Å². The molecule has 2 aromatic rings. The summed E-state index contributed by atoms with van der Waals surface area (Å²) in [7, 11) is 0. The van der Waals surface area contributed by atoms with Gasteiger partial charge in [-0.1, -0.05) is 6.92 Å². The Labute approximate surface area is 124 Å². The van der Waals surface area contributed by atoms with Crippen LogP contribution in [-0.4, -0.2) is 24.9 Å². The van der Waals surface area contributed by atoms with Crippen molar-refractivity contribution in [1.82, 2.24) is 9.97 Å². The Kier molecular flexibility index (Phi) is 8.31. The molecule has 0 amide bonds. The zero-order valence-electron chi connectivity index (χ0n) is 10.3. The molecule has 5 heteroatoms. The molecule has 1 aromatic carbocycles. The Morgan fingerprint density at radius 3 is 2.83 bits per heavy atom. The molecule has 0 bridgehead atoms. The summed E-state index contributed by atoms with van der Waals surface area (Å²) in [5.74, 6) is 0.684. The fourth-order valence-electron chi connectivity index (χ4n) is 1.39. The summed E-state index contributed by atoms with van der Waals surface area (Å²) in [5, 5.41) is 3.17. The van der Waals surface area contributed by atoms with Gasteiger partial charge in [0.2, 0.25) is 5.95 Å². The summed E-state index contributed by atoms with van der Waals surface area (Å²) in [4.78, 5) is 8.61. The largest absolute Gasteiger partial charge is 0.354 e. The fourth-order valence-corrected chi connectivity index (χ4v) is 1.39. The van der Waals surface area contributed by atoms with E-state index < -0.39 is 0 Å². The van der Waals surface area contributed by atoms with E-state index in [0.717, 1.165) is 24.2 Å². The van der Waals surface area contributed by atoms with Crippen molar-refractivity contribution in [2.45, 2.75) is 13.3 Å². The normalized spacial score (nSPS) is 8.94. The Balaban J connectivity index is 0.00000144. The van der Waals surface area contributed by atoms with E-state index in [-0.39, 0.29) is 29.5 Å². The average molecular weight is 407 g/mol. The second-order valence-electron chi connectivity index (χ2n) is 3.48. The molecule has 3 nitrogen and oxygen atoms in total. The van der Waals surface area contributed by atoms with Crippen LogP contribution in [-0.2, 0) is 21.1 Å². The first kappa shape index (κ1) is 16.9. The van der Waals surface area contributed by atoms with E-state index in [1.807, 2.05) is 30.3 Å². The van der Waals surface area contributed by atoms with Gasteiger partial charge in [-0.25, -0.2) is 9.97 Å². The van der Waals surface area contributed by atoms with Crippen molar-refractivity contribution in [3.63, 3.8) is 0 Å². The van der Waals surface area contributed by atoms with Crippen LogP contribution in [0.1, 0.15) is 13.3 Å². The van der Waals surface area contributed by atoms with Crippen LogP contribution in [0.4, 0.5) is 5.95 Å². The zero-order valence-corrected chi connectivity index (χ0v) is 13.2. The minimum absolute atomic E-state index is 0. The molecule has 18 heavy (non-hydrogen) atoms. The summed E-state index contributed by atoms with van der Waals surface area (Å²) >= 11 is 0. The van der Waals surface area contributed by atoms with Gasteiger partial charge in [0.1, 0.15) is 0 Å². The minimum atomic E-state index is 0. The number of aromatic nitrogens is 2. The van der Waals surface area contributed by atoms with Crippen molar-refractivity contribution in [3.05, 3.63) is 42.6 Å². The van der Waals surface area contributed by atoms with E-state index >= 15 is 0 Å². The summed E-state index contributed by atoms with van der Waals surface area (Å²) in [6.45, 7) is 3.01. The molecule has 0 unspecified atom stereocenters. The van der Waals surface area contributed by atoms with Crippen molar-refractivity contribution < 1.29 is 21.1 Å². The monoisotopic (exact) mass is 407 g/mol. The molecule has 91 valence electrons. The fraction of sp³-hybridized carbons (Fsp3) is 0.231. The molecule has 0 saturated carbocycles. The van der Waals surface area contributed by atoms with Gasteiger partial charge in [-0.15, -0.1) is 5.56 Å². The van der Waals surface area contributed by atoms with Crippen molar-refractivity contribution in [2.75, 3.05) is 11.9 Å². The van der Waals surface area contributed by atoms with Crippen molar-refractivity contribution >= 4 is 14.4 Å². The van der Waals surface area contributed by atoms with Gasteiger partial charge in [0, 0.05) is 47.9 Å². The van der Waals surface area contributed by atoms with Crippen LogP contribution < -0.4 is 5.32 Å². The molecule has 1 heterocycles. The SMILES string of the molecule is CCCNc1nccc(-c2c[c-]ccc2)n1.[B].[W]. The summed E-state index contributed by atoms with van der Waals surface area (Å²) in [6.07, 6.45) is 2.83. The van der Waals surface area contributed by atoms with Crippen LogP contribution >= 0.6 is 0 Å². The summed E-state index contributed by atoms with van der Waals surface area (Å²) < 4.78 is 0. The van der Waals surface area contributed by atoms with Gasteiger partial charge < -0.3 is 5.32 Å². The van der Waals surface area contributed by atoms with E-state index in [1.54, 1.807) is 6.20 Å². The third-order valence-electron chi connectivity index (χ3n) is 2.19. The predicted octanol–water partition coefficient (Wildman–Crippen LogP) is 2.38. The molecule has 0 spiro atoms. The van der Waals surface area contributed by atoms with Crippen molar-refractivity contribution in [2.24, 2.45) is 0 Å². The first-order chi connectivity index (χ1) is 7.90. The average Bonchev–Trinajstić information content (AvgIpc) is 2.38. The predicted molar refractivity (Wildman–Crippen MR) is 70.8 cm³/mol. The first-order valence-electron chi connectivity index (χ1n) is 5.43. The van der Waals surface area contributed by atoms with Crippen LogP contribution in [0.15, 0.2) is 36.5 Å². The standard InChI is InChI=1S/C13H14N3.B.W/c1-2-9-14-13-15-10-8-12(16-13)11-6-4-3-5-7-11;;/h3-4,6-8,10H,2,9H2,1H3,(H,14,15,16);;/q-1;;. The molecule has 0 aliphatic heterocycles. The maximum absolute atomic E-state index is 4.44. The van der Waals surface area contributed by atoms with Gasteiger partial charge in [0.25, 0.3) is 0 Å². The van der Waals surface area contributed by atoms with Crippen LogP contribution in [0.2, 0.25) is 0 Å². The van der Waals surface area contributed by atoms with Crippen LogP contribution in [0.5, 0.6) is 0 Å². The van der Waals surface area contributed by atoms with E-state index in [4.69, 9.17) is 0 Å². The van der Waals surface area contributed by atoms with Gasteiger partial charge in [-0.05, 0) is 12.5 Å². The van der Waals surface area contributed by atoms with Crippen molar-refractivity contribution in [1.29, 1.82) is 0 Å². The van der Waals surface area contributed by atoms with Gasteiger partial charge in [0.05, 0.1) is 0 Å². The number of rotatable bonds is 4. The van der Waals surface area contributed by atoms with Crippen LogP contribution in [0.3, 0.4) is 0 Å². The molecule has 1 N–H and O–H groups in total. The number of hydrogen-bond acceptors (Lipinski definition) is 3. The molecule has 2 rings (SSSR count). The Bertz CT molecular complexity index is 451. The van der Waals surface area contributed by atoms with Gasteiger partial charge in [-0.2, -0.15) is 30.3 Å². The summed E-state index contributed by atoms with van der Waals surface area (Å²) in [5.41, 5.74) is 1.98. The summed E-state index contributed by atoms with van der Waals surface area (Å²) in [6, 6.07) is 12.7. The minimum Gasteiger partial charge on any atom is -0.354 e.